The summed E-state index contributed by atoms with van der Waals surface area (Å²) in [7, 11) is 0. The van der Waals surface area contributed by atoms with Crippen LogP contribution in [-0.4, -0.2) is 22.2 Å². The molecule has 2 heterocycles. The molecule has 2 amide bonds. The Morgan fingerprint density at radius 3 is 3.00 bits per heavy atom. The highest BCUT2D eigenvalue weighted by molar-refractivity contribution is 7.23. The van der Waals surface area contributed by atoms with Gasteiger partial charge in [0, 0.05) is 11.4 Å². The number of hydrogen-bond acceptors (Lipinski definition) is 7. The fraction of sp³-hybridized carbons (Fsp3) is 0. The quantitative estimate of drug-likeness (QED) is 0.507. The van der Waals surface area contributed by atoms with Crippen LogP contribution in [0.15, 0.2) is 22.6 Å². The Balaban J connectivity index is 2.13. The normalized spacial score (nSPS) is 10.7. The van der Waals surface area contributed by atoms with Crippen molar-refractivity contribution in [3.05, 3.63) is 33.3 Å². The van der Waals surface area contributed by atoms with Gasteiger partial charge in [-0.3, -0.25) is 10.1 Å². The highest BCUT2D eigenvalue weighted by Crippen LogP contribution is 2.34. The molecule has 0 saturated carbocycles. The smallest absolute Gasteiger partial charge is 0.332 e. The third kappa shape index (κ3) is 3.33. The largest absolute Gasteiger partial charge is 0.350 e. The zero-order valence-corrected chi connectivity index (χ0v) is 10.9. The van der Waals surface area contributed by atoms with Gasteiger partial charge < -0.3 is 5.73 Å². The van der Waals surface area contributed by atoms with Gasteiger partial charge in [0.15, 0.2) is 0 Å². The summed E-state index contributed by atoms with van der Waals surface area (Å²) in [5, 5.41) is 16.6. The van der Waals surface area contributed by atoms with Gasteiger partial charge in [-0.2, -0.15) is 5.10 Å². The molecule has 2 aromatic rings. The molecule has 0 aliphatic carbocycles. The number of nitrogens with one attached hydrogen (secondary N) is 1. The monoisotopic (exact) mass is 297 g/mol. The molecular formula is C9H7N5O3S2. The van der Waals surface area contributed by atoms with E-state index in [1.54, 1.807) is 11.4 Å². The number of nitrogens with zero attached hydrogens (tertiary/aromatic N) is 3. The van der Waals surface area contributed by atoms with Crippen LogP contribution >= 0.6 is 22.7 Å². The van der Waals surface area contributed by atoms with Crippen molar-refractivity contribution >= 4 is 39.9 Å². The van der Waals surface area contributed by atoms with Crippen LogP contribution in [0.4, 0.5) is 9.80 Å². The first kappa shape index (κ1) is 13.1. The van der Waals surface area contributed by atoms with Gasteiger partial charge in [-0.05, 0) is 6.07 Å². The Hall–Kier alpha value is -2.33. The third-order valence-electron chi connectivity index (χ3n) is 1.88. The summed E-state index contributed by atoms with van der Waals surface area (Å²) in [5.74, 6) is 0. The molecule has 8 nitrogen and oxygen atoms in total. The Labute approximate surface area is 114 Å². The molecule has 0 radical (unpaired) electrons. The zero-order valence-electron chi connectivity index (χ0n) is 9.27. The molecule has 0 unspecified atom stereocenters. The summed E-state index contributed by atoms with van der Waals surface area (Å²) in [5.41, 5.74) is 7.42. The van der Waals surface area contributed by atoms with Crippen molar-refractivity contribution in [2.24, 2.45) is 10.8 Å². The fourth-order valence-corrected chi connectivity index (χ4v) is 2.82. The number of primary amides is 1. The Morgan fingerprint density at radius 2 is 2.37 bits per heavy atom. The molecule has 0 bridgehead atoms. The number of carbonyl (C=O) groups is 1. The summed E-state index contributed by atoms with van der Waals surface area (Å²) in [6, 6.07) is 2.31. The summed E-state index contributed by atoms with van der Waals surface area (Å²) in [6.45, 7) is 0. The second-order valence-corrected chi connectivity index (χ2v) is 5.13. The molecule has 2 aromatic heterocycles. The van der Waals surface area contributed by atoms with Gasteiger partial charge in [-0.25, -0.2) is 15.2 Å². The van der Waals surface area contributed by atoms with Crippen molar-refractivity contribution in [3.63, 3.8) is 0 Å². The second-order valence-electron chi connectivity index (χ2n) is 3.21. The highest BCUT2D eigenvalue weighted by atomic mass is 32.1. The number of urea groups is 1. The molecule has 2 rings (SSSR count). The molecular weight excluding hydrogens is 290 g/mol. The maximum Gasteiger partial charge on any atom is 0.332 e. The van der Waals surface area contributed by atoms with Gasteiger partial charge in [-0.1, -0.05) is 11.3 Å². The van der Waals surface area contributed by atoms with Crippen LogP contribution in [0, 0.1) is 10.1 Å². The Bertz CT molecular complexity index is 648. The van der Waals surface area contributed by atoms with E-state index in [4.69, 9.17) is 5.73 Å². The lowest BCUT2D eigenvalue weighted by molar-refractivity contribution is -0.380. The number of carbonyl (C=O) groups excluding carboxylic acids is 1. The summed E-state index contributed by atoms with van der Waals surface area (Å²) >= 11 is 2.38. The van der Waals surface area contributed by atoms with E-state index in [9.17, 15) is 14.9 Å². The Morgan fingerprint density at radius 1 is 1.58 bits per heavy atom. The minimum Gasteiger partial charge on any atom is -0.350 e. The standard InChI is InChI=1S/C9H7N5O3S2/c10-9(15)13-11-3-5-4-18-8(12-5)6-1-2-7(19-6)14(16)17/h1-4H,(H3,10,13,15)/b11-3-. The number of thiophene rings is 1. The molecule has 0 aromatic carbocycles. The van der Waals surface area contributed by atoms with Crippen LogP contribution in [0.5, 0.6) is 0 Å². The van der Waals surface area contributed by atoms with Gasteiger partial charge in [0.2, 0.25) is 0 Å². The minimum absolute atomic E-state index is 0.0656. The summed E-state index contributed by atoms with van der Waals surface area (Å²) in [4.78, 5) is 25.5. The molecule has 0 spiro atoms. The maximum atomic E-state index is 10.6. The predicted molar refractivity (Wildman–Crippen MR) is 72.4 cm³/mol. The van der Waals surface area contributed by atoms with E-state index in [0.29, 0.717) is 15.6 Å². The third-order valence-corrected chi connectivity index (χ3v) is 3.94. The highest BCUT2D eigenvalue weighted by Gasteiger charge is 2.13. The number of thiazole rings is 1. The first-order valence-corrected chi connectivity index (χ1v) is 6.54. The molecule has 0 saturated heterocycles. The van der Waals surface area contributed by atoms with Crippen molar-refractivity contribution in [2.45, 2.75) is 0 Å². The van der Waals surface area contributed by atoms with Crippen LogP contribution in [0.25, 0.3) is 9.88 Å². The van der Waals surface area contributed by atoms with E-state index in [-0.39, 0.29) is 5.00 Å². The molecule has 10 heteroatoms. The number of rotatable bonds is 4. The van der Waals surface area contributed by atoms with E-state index in [1.165, 1.54) is 23.6 Å². The van der Waals surface area contributed by atoms with Crippen molar-refractivity contribution in [1.29, 1.82) is 0 Å². The van der Waals surface area contributed by atoms with Crippen LogP contribution < -0.4 is 11.2 Å². The first-order chi connectivity index (χ1) is 9.06. The van der Waals surface area contributed by atoms with E-state index in [2.05, 4.69) is 10.1 Å². The average molecular weight is 297 g/mol. The number of hydrogen-bond donors (Lipinski definition) is 2. The molecule has 19 heavy (non-hydrogen) atoms. The van der Waals surface area contributed by atoms with Crippen molar-refractivity contribution in [3.8, 4) is 9.88 Å². The van der Waals surface area contributed by atoms with E-state index >= 15 is 0 Å². The number of nitrogens with two attached hydrogens (primary N) is 1. The van der Waals surface area contributed by atoms with Gasteiger partial charge in [0.05, 0.1) is 21.7 Å². The van der Waals surface area contributed by atoms with Gasteiger partial charge >= 0.3 is 11.0 Å². The lowest BCUT2D eigenvalue weighted by Gasteiger charge is -1.88. The van der Waals surface area contributed by atoms with Gasteiger partial charge in [0.1, 0.15) is 5.01 Å². The van der Waals surface area contributed by atoms with Crippen LogP contribution in [-0.2, 0) is 0 Å². The zero-order chi connectivity index (χ0) is 13.8. The average Bonchev–Trinajstić information content (AvgIpc) is 2.95. The number of amides is 2. The second kappa shape index (κ2) is 5.54. The minimum atomic E-state index is -0.763. The van der Waals surface area contributed by atoms with Gasteiger partial charge in [-0.15, -0.1) is 11.3 Å². The maximum absolute atomic E-state index is 10.6. The molecule has 0 atom stereocenters. The summed E-state index contributed by atoms with van der Waals surface area (Å²) in [6.07, 6.45) is 1.34. The molecule has 0 fully saturated rings. The summed E-state index contributed by atoms with van der Waals surface area (Å²) < 4.78 is 0. The van der Waals surface area contributed by atoms with E-state index in [1.807, 2.05) is 5.43 Å². The fourth-order valence-electron chi connectivity index (χ4n) is 1.16. The molecule has 98 valence electrons. The number of nitro groups is 1. The van der Waals surface area contributed by atoms with Crippen LogP contribution in [0.2, 0.25) is 0 Å². The first-order valence-electron chi connectivity index (χ1n) is 4.85. The lowest BCUT2D eigenvalue weighted by atomic mass is 10.5. The van der Waals surface area contributed by atoms with Crippen LogP contribution in [0.1, 0.15) is 5.69 Å². The van der Waals surface area contributed by atoms with Crippen LogP contribution in [0.3, 0.4) is 0 Å². The molecule has 0 aliphatic heterocycles. The van der Waals surface area contributed by atoms with E-state index < -0.39 is 11.0 Å². The topological polar surface area (TPSA) is 124 Å². The van der Waals surface area contributed by atoms with Crippen molar-refractivity contribution in [1.82, 2.24) is 10.4 Å². The molecule has 0 aliphatic rings. The lowest BCUT2D eigenvalue weighted by Crippen LogP contribution is -2.24. The van der Waals surface area contributed by atoms with Crippen molar-refractivity contribution in [2.75, 3.05) is 0 Å². The SMILES string of the molecule is NC(=O)N/N=C\c1csc(-c2ccc([N+](=O)[O-])s2)n1. The van der Waals surface area contributed by atoms with E-state index in [0.717, 1.165) is 11.3 Å². The van der Waals surface area contributed by atoms with Crippen molar-refractivity contribution < 1.29 is 9.72 Å². The number of aromatic nitrogens is 1. The molecule has 3 N–H and O–H groups in total. The predicted octanol–water partition coefficient (Wildman–Crippen LogP) is 1.78. The van der Waals surface area contributed by atoms with Gasteiger partial charge in [0.25, 0.3) is 0 Å². The Kier molecular flexibility index (Phi) is 3.82. The number of hydrazone groups is 1.